The highest BCUT2D eigenvalue weighted by Crippen LogP contribution is 2.88. The quantitative estimate of drug-likeness (QED) is 0.123. The summed E-state index contributed by atoms with van der Waals surface area (Å²) in [6, 6.07) is 0. The van der Waals surface area contributed by atoms with Crippen LogP contribution in [-0.2, 0) is 29.8 Å². The van der Waals surface area contributed by atoms with Gasteiger partial charge in [-0.1, -0.05) is 0 Å². The van der Waals surface area contributed by atoms with Crippen LogP contribution in [0.5, 0.6) is 0 Å². The molecule has 5 aliphatic rings. The van der Waals surface area contributed by atoms with Crippen molar-refractivity contribution in [3.63, 3.8) is 0 Å². The van der Waals surface area contributed by atoms with Crippen molar-refractivity contribution in [2.75, 3.05) is 19.8 Å². The molecule has 0 N–H and O–H groups in total. The van der Waals surface area contributed by atoms with Gasteiger partial charge in [-0.3, -0.25) is 0 Å². The molecule has 2 spiro atoms. The van der Waals surface area contributed by atoms with Crippen molar-refractivity contribution in [3.8, 4) is 0 Å². The van der Waals surface area contributed by atoms with Gasteiger partial charge in [-0.25, -0.2) is 4.79 Å². The Morgan fingerprint density at radius 2 is 0.444 bits per heavy atom. The van der Waals surface area contributed by atoms with Crippen LogP contribution in [0.4, 0.5) is 0 Å². The summed E-state index contributed by atoms with van der Waals surface area (Å²) in [6.07, 6.45) is 0. The van der Waals surface area contributed by atoms with Gasteiger partial charge in [0, 0.05) is 6.61 Å². The van der Waals surface area contributed by atoms with Gasteiger partial charge in [0.15, 0.2) is 11.5 Å². The van der Waals surface area contributed by atoms with Gasteiger partial charge in [0.2, 0.25) is 0 Å². The van der Waals surface area contributed by atoms with Gasteiger partial charge in [-0.15, -0.1) is 0 Å². The van der Waals surface area contributed by atoms with E-state index in [9.17, 15) is 4.79 Å². The van der Waals surface area contributed by atoms with E-state index < -0.39 is 10.8 Å². The summed E-state index contributed by atoms with van der Waals surface area (Å²) in [5.41, 5.74) is 4.36. The standard InChI is InChI=1S/C68H12O4/c1-3-70-5-6(69)72-66-65(71-4-2)67-61-53-45-35-25-17-9-7-8-11-15-13(9)21-29-23(15)33-27-19(11)20-12(8)16-14-10(7)18(17)26-32-22(14)30-24(16)34-28(20)38-37(27)47-41(33)51-43(29)49(39(45)31(21)25)55(61)59(51)63-57(47)58-48(38)42(34)52-44(30)50-40(32)46(36(26)35)54(53)62(67)56(50)60(52)64(58)68(63,66)67/h3-5H2,1-2H3. The van der Waals surface area contributed by atoms with E-state index >= 15 is 0 Å². The average Bonchev–Trinajstić information content (AvgIpc) is 4.38. The predicted molar refractivity (Wildman–Crippen MR) is 295 cm³/mol. The number of ether oxygens (including phenoxy) is 3. The molecule has 0 saturated carbocycles. The second-order valence-electron chi connectivity index (χ2n) is 25.5. The highest BCUT2D eigenvalue weighted by atomic mass is 16.6. The molecule has 33 rings (SSSR count). The Balaban J connectivity index is 1.15. The molecule has 0 radical (unpaired) electrons. The first-order valence-electron chi connectivity index (χ1n) is 26.7. The van der Waals surface area contributed by atoms with Crippen molar-refractivity contribution in [3.05, 3.63) is 33.8 Å². The third-order valence-corrected chi connectivity index (χ3v) is 25.1. The number of hydrogen-bond donors (Lipinski definition) is 0. The lowest BCUT2D eigenvalue weighted by Gasteiger charge is -2.61. The molecule has 28 aromatic rings. The maximum absolute atomic E-state index is 14.8. The zero-order chi connectivity index (χ0) is 43.5. The maximum Gasteiger partial charge on any atom is 0.337 e. The molecule has 5 aliphatic carbocycles. The molecule has 0 fully saturated rings. The summed E-state index contributed by atoms with van der Waals surface area (Å²) in [4.78, 5) is 14.8. The molecule has 0 aromatic heterocycles. The van der Waals surface area contributed by atoms with Gasteiger partial charge >= 0.3 is 5.97 Å². The number of carbonyl (C=O) groups is 1. The van der Waals surface area contributed by atoms with E-state index in [2.05, 4.69) is 6.92 Å². The van der Waals surface area contributed by atoms with Crippen molar-refractivity contribution >= 4 is 297 Å². The van der Waals surface area contributed by atoms with Gasteiger partial charge in [0.1, 0.15) is 17.4 Å². The van der Waals surface area contributed by atoms with Crippen molar-refractivity contribution in [2.45, 2.75) is 24.7 Å². The fourth-order valence-electron chi connectivity index (χ4n) is 25.1. The Morgan fingerprint density at radius 1 is 0.264 bits per heavy atom. The van der Waals surface area contributed by atoms with Crippen LogP contribution < -0.4 is 0 Å². The van der Waals surface area contributed by atoms with Crippen molar-refractivity contribution < 1.29 is 19.0 Å². The SMILES string of the molecule is CCOCC(=O)OC1=C(OCC)C23c4c5c6c7c8c9c(c%10c%11c2c2c4c4c%12c5c5c6c6c8c8c%13c9c9c%10c%10c%11c%11c2c2c4c4c%12c%12c5c5c6c8c6c8c%13c9c9c%10c%10c%11c2c2c4c4c%12c5c6c5c8c9c%10c2c45)C173. The first kappa shape index (κ1) is 27.7. The molecular weight excluding hydrogens is 881 g/mol. The summed E-state index contributed by atoms with van der Waals surface area (Å²) in [5.74, 6) is 1.32. The molecular formula is C68H12O4. The van der Waals surface area contributed by atoms with Crippen LogP contribution in [0.2, 0.25) is 0 Å². The molecule has 4 heteroatoms. The minimum absolute atomic E-state index is 0.0843. The van der Waals surface area contributed by atoms with E-state index in [0.29, 0.717) is 13.2 Å². The van der Waals surface area contributed by atoms with E-state index in [1.165, 1.54) is 108 Å². The van der Waals surface area contributed by atoms with Crippen LogP contribution in [0.3, 0.4) is 0 Å². The summed E-state index contributed by atoms with van der Waals surface area (Å²) < 4.78 is 20.7. The molecule has 28 aromatic carbocycles. The highest BCUT2D eigenvalue weighted by Gasteiger charge is 2.80. The first-order chi connectivity index (χ1) is 35.8. The molecule has 72 heavy (non-hydrogen) atoms. The fourth-order valence-corrected chi connectivity index (χ4v) is 25.1. The Bertz CT molecular complexity index is 7140. The second kappa shape index (κ2) is 6.36. The lowest BCUT2D eigenvalue weighted by Crippen LogP contribution is -2.63. The number of benzene rings is 18. The number of allylic oxidation sites excluding steroid dienone is 2. The van der Waals surface area contributed by atoms with E-state index in [1.807, 2.05) is 6.92 Å². The fraction of sp³-hybridized carbons (Fsp3) is 0.103. The predicted octanol–water partition coefficient (Wildman–Crippen LogP) is 17.1. The molecule has 0 unspecified atom stereocenters. The molecule has 0 amide bonds. The van der Waals surface area contributed by atoms with Crippen LogP contribution in [0.1, 0.15) is 36.1 Å². The van der Waals surface area contributed by atoms with Crippen molar-refractivity contribution in [1.82, 2.24) is 0 Å². The Kier molecular flexibility index (Phi) is 2.45. The van der Waals surface area contributed by atoms with E-state index in [-0.39, 0.29) is 12.6 Å². The lowest BCUT2D eigenvalue weighted by molar-refractivity contribution is -0.148. The minimum atomic E-state index is -0.801. The number of carbonyl (C=O) groups excluding carboxylic acids is 1. The van der Waals surface area contributed by atoms with Crippen molar-refractivity contribution in [2.24, 2.45) is 0 Å². The molecule has 0 heterocycles. The Hall–Kier alpha value is -8.57. The van der Waals surface area contributed by atoms with Crippen molar-refractivity contribution in [1.29, 1.82) is 0 Å². The molecule has 0 bridgehead atoms. The Morgan fingerprint density at radius 3 is 0.625 bits per heavy atom. The zero-order valence-electron chi connectivity index (χ0n) is 37.3. The summed E-state index contributed by atoms with van der Waals surface area (Å²) in [7, 11) is 0. The van der Waals surface area contributed by atoms with Gasteiger partial charge < -0.3 is 14.2 Å². The maximum atomic E-state index is 14.8. The van der Waals surface area contributed by atoms with Gasteiger partial charge in [-0.05, 0) is 327 Å². The smallest absolute Gasteiger partial charge is 0.337 e. The zero-order valence-corrected chi connectivity index (χ0v) is 37.3. The lowest BCUT2D eigenvalue weighted by atomic mass is 9.40. The monoisotopic (exact) mass is 892 g/mol. The normalized spacial score (nSPS) is 22.1. The first-order valence-corrected chi connectivity index (χ1v) is 26.7. The van der Waals surface area contributed by atoms with E-state index in [0.717, 1.165) is 11.5 Å². The number of esters is 1. The summed E-state index contributed by atoms with van der Waals surface area (Å²) in [5, 5.41) is 84.0. The third-order valence-electron chi connectivity index (χ3n) is 25.1. The topological polar surface area (TPSA) is 44.8 Å². The van der Waals surface area contributed by atoms with Crippen LogP contribution in [0.25, 0.3) is 291 Å². The number of hydrogen-bond acceptors (Lipinski definition) is 4. The van der Waals surface area contributed by atoms with Gasteiger partial charge in [0.05, 0.1) is 6.61 Å². The Labute approximate surface area is 392 Å². The van der Waals surface area contributed by atoms with Crippen LogP contribution >= 0.6 is 0 Å². The molecule has 0 saturated heterocycles. The van der Waals surface area contributed by atoms with Gasteiger partial charge in [0.25, 0.3) is 0 Å². The summed E-state index contributed by atoms with van der Waals surface area (Å²) in [6.45, 7) is 4.98. The van der Waals surface area contributed by atoms with E-state index in [4.69, 9.17) is 14.2 Å². The number of rotatable bonds is 6. The van der Waals surface area contributed by atoms with Crippen LogP contribution in [-0.4, -0.2) is 25.8 Å². The van der Waals surface area contributed by atoms with E-state index in [1.54, 1.807) is 205 Å². The third kappa shape index (κ3) is 1.46. The second-order valence-corrected chi connectivity index (χ2v) is 25.5. The molecule has 308 valence electrons. The largest absolute Gasteiger partial charge is 0.493 e. The average molecular weight is 893 g/mol. The molecule has 0 aliphatic heterocycles. The summed E-state index contributed by atoms with van der Waals surface area (Å²) >= 11 is 0. The van der Waals surface area contributed by atoms with Crippen LogP contribution in [0, 0.1) is 0 Å². The molecule has 4 nitrogen and oxygen atoms in total. The highest BCUT2D eigenvalue weighted by molar-refractivity contribution is 6.82. The molecule has 0 atom stereocenters. The van der Waals surface area contributed by atoms with Crippen LogP contribution in [0.15, 0.2) is 11.5 Å². The van der Waals surface area contributed by atoms with Gasteiger partial charge in [-0.2, -0.15) is 0 Å². The minimum Gasteiger partial charge on any atom is -0.493 e.